The summed E-state index contributed by atoms with van der Waals surface area (Å²) in [5, 5.41) is 5.34. The van der Waals surface area contributed by atoms with Gasteiger partial charge < -0.3 is 14.8 Å². The zero-order valence-corrected chi connectivity index (χ0v) is 18.1. The molecule has 1 aliphatic heterocycles. The van der Waals surface area contributed by atoms with Crippen molar-refractivity contribution in [3.8, 4) is 5.75 Å². The minimum atomic E-state index is -0.104. The normalized spacial score (nSPS) is 26.1. The SMILES string of the molecule is CCCC(=O)OC1CCC(CNC(=O)c2ccccc2OC)([C@H]2C=CSC2)CC1. The van der Waals surface area contributed by atoms with Gasteiger partial charge in [-0.25, -0.2) is 0 Å². The third-order valence-electron chi connectivity index (χ3n) is 6.10. The van der Waals surface area contributed by atoms with Gasteiger partial charge in [0, 0.05) is 18.7 Å². The van der Waals surface area contributed by atoms with Crippen molar-refractivity contribution < 1.29 is 19.1 Å². The highest BCUT2D eigenvalue weighted by molar-refractivity contribution is 8.02. The summed E-state index contributed by atoms with van der Waals surface area (Å²) in [6, 6.07) is 7.30. The fourth-order valence-electron chi connectivity index (χ4n) is 4.34. The molecule has 29 heavy (non-hydrogen) atoms. The summed E-state index contributed by atoms with van der Waals surface area (Å²) in [6.07, 6.45) is 7.18. The summed E-state index contributed by atoms with van der Waals surface area (Å²) in [4.78, 5) is 24.7. The maximum atomic E-state index is 12.8. The Bertz CT molecular complexity index is 740. The topological polar surface area (TPSA) is 64.6 Å². The van der Waals surface area contributed by atoms with E-state index in [0.29, 0.717) is 30.2 Å². The van der Waals surface area contributed by atoms with E-state index >= 15 is 0 Å². The Morgan fingerprint density at radius 1 is 1.24 bits per heavy atom. The lowest BCUT2D eigenvalue weighted by molar-refractivity contribution is -0.152. The second kappa shape index (κ2) is 10.2. The number of hydrogen-bond acceptors (Lipinski definition) is 5. The zero-order chi connectivity index (χ0) is 20.7. The largest absolute Gasteiger partial charge is 0.496 e. The van der Waals surface area contributed by atoms with Crippen molar-refractivity contribution in [1.82, 2.24) is 5.32 Å². The predicted molar refractivity (Wildman–Crippen MR) is 116 cm³/mol. The molecule has 1 atom stereocenters. The van der Waals surface area contributed by atoms with Crippen LogP contribution in [0.1, 0.15) is 55.8 Å². The molecular formula is C23H31NO4S. The van der Waals surface area contributed by atoms with Crippen LogP contribution in [-0.4, -0.2) is 37.4 Å². The Labute approximate surface area is 177 Å². The number of hydrogen-bond donors (Lipinski definition) is 1. The lowest BCUT2D eigenvalue weighted by Crippen LogP contribution is -2.46. The molecule has 0 radical (unpaired) electrons. The number of methoxy groups -OCH3 is 1. The fourth-order valence-corrected chi connectivity index (χ4v) is 5.43. The van der Waals surface area contributed by atoms with Crippen LogP contribution in [0, 0.1) is 11.3 Å². The van der Waals surface area contributed by atoms with Crippen LogP contribution in [0.25, 0.3) is 0 Å². The highest BCUT2D eigenvalue weighted by Gasteiger charge is 2.42. The summed E-state index contributed by atoms with van der Waals surface area (Å²) in [7, 11) is 1.58. The lowest BCUT2D eigenvalue weighted by atomic mass is 9.65. The number of benzene rings is 1. The number of ether oxygens (including phenoxy) is 2. The van der Waals surface area contributed by atoms with E-state index < -0.39 is 0 Å². The van der Waals surface area contributed by atoms with Crippen molar-refractivity contribution in [2.24, 2.45) is 11.3 Å². The highest BCUT2D eigenvalue weighted by Crippen LogP contribution is 2.47. The Kier molecular flexibility index (Phi) is 7.64. The van der Waals surface area contributed by atoms with Crippen molar-refractivity contribution in [3.63, 3.8) is 0 Å². The Hall–Kier alpha value is -1.95. The second-order valence-electron chi connectivity index (χ2n) is 7.95. The number of nitrogens with one attached hydrogen (secondary N) is 1. The van der Waals surface area contributed by atoms with Crippen molar-refractivity contribution in [2.45, 2.75) is 51.6 Å². The third kappa shape index (κ3) is 5.35. The number of para-hydroxylation sites is 1. The molecule has 3 rings (SSSR count). The van der Waals surface area contributed by atoms with Crippen LogP contribution >= 0.6 is 11.8 Å². The molecule has 158 valence electrons. The van der Waals surface area contributed by atoms with E-state index in [1.54, 1.807) is 19.2 Å². The number of carbonyl (C=O) groups excluding carboxylic acids is 2. The summed E-state index contributed by atoms with van der Waals surface area (Å²) in [6.45, 7) is 2.61. The second-order valence-corrected chi connectivity index (χ2v) is 8.89. The van der Waals surface area contributed by atoms with Gasteiger partial charge in [-0.15, -0.1) is 11.8 Å². The van der Waals surface area contributed by atoms with E-state index in [4.69, 9.17) is 9.47 Å². The molecule has 1 aliphatic carbocycles. The molecule has 5 nitrogen and oxygen atoms in total. The molecule has 1 aromatic rings. The summed E-state index contributed by atoms with van der Waals surface area (Å²) >= 11 is 1.83. The van der Waals surface area contributed by atoms with Gasteiger partial charge in [-0.05, 0) is 61.0 Å². The van der Waals surface area contributed by atoms with Crippen LogP contribution in [0.4, 0.5) is 0 Å². The third-order valence-corrected chi connectivity index (χ3v) is 7.00. The molecule has 2 aliphatic rings. The number of carbonyl (C=O) groups is 2. The van der Waals surface area contributed by atoms with Crippen LogP contribution in [0.15, 0.2) is 35.7 Å². The quantitative estimate of drug-likeness (QED) is 0.628. The molecule has 1 saturated carbocycles. The molecule has 0 aromatic heterocycles. The van der Waals surface area contributed by atoms with Gasteiger partial charge in [0.2, 0.25) is 0 Å². The molecule has 1 N–H and O–H groups in total. The highest BCUT2D eigenvalue weighted by atomic mass is 32.2. The van der Waals surface area contributed by atoms with Crippen LogP contribution in [0.2, 0.25) is 0 Å². The zero-order valence-electron chi connectivity index (χ0n) is 17.3. The van der Waals surface area contributed by atoms with E-state index in [1.807, 2.05) is 30.8 Å². The van der Waals surface area contributed by atoms with Gasteiger partial charge in [-0.2, -0.15) is 0 Å². The average Bonchev–Trinajstić information content (AvgIpc) is 3.29. The van der Waals surface area contributed by atoms with Gasteiger partial charge in [-0.3, -0.25) is 9.59 Å². The van der Waals surface area contributed by atoms with Crippen LogP contribution < -0.4 is 10.1 Å². The summed E-state index contributed by atoms with van der Waals surface area (Å²) in [5.74, 6) is 1.86. The van der Waals surface area contributed by atoms with Crippen molar-refractivity contribution in [1.29, 1.82) is 0 Å². The number of esters is 1. The van der Waals surface area contributed by atoms with Gasteiger partial charge in [0.25, 0.3) is 5.91 Å². The molecule has 0 unspecified atom stereocenters. The Morgan fingerprint density at radius 2 is 2.00 bits per heavy atom. The molecule has 0 bridgehead atoms. The van der Waals surface area contributed by atoms with Gasteiger partial charge in [0.1, 0.15) is 11.9 Å². The fraction of sp³-hybridized carbons (Fsp3) is 0.565. The van der Waals surface area contributed by atoms with E-state index in [-0.39, 0.29) is 23.4 Å². The first-order chi connectivity index (χ1) is 14.1. The molecule has 0 spiro atoms. The van der Waals surface area contributed by atoms with E-state index in [0.717, 1.165) is 37.9 Å². The molecule has 1 fully saturated rings. The van der Waals surface area contributed by atoms with Crippen LogP contribution in [0.5, 0.6) is 5.75 Å². The molecular weight excluding hydrogens is 386 g/mol. The minimum absolute atomic E-state index is 0.00475. The van der Waals surface area contributed by atoms with Gasteiger partial charge in [-0.1, -0.05) is 25.1 Å². The minimum Gasteiger partial charge on any atom is -0.496 e. The monoisotopic (exact) mass is 417 g/mol. The molecule has 6 heteroatoms. The Balaban J connectivity index is 1.65. The predicted octanol–water partition coefficient (Wildman–Crippen LogP) is 4.57. The molecule has 1 heterocycles. The standard InChI is InChI=1S/C23H31NO4S/c1-3-6-21(25)28-18-9-12-23(13-10-18,17-11-14-29-15-17)16-24-22(26)19-7-4-5-8-20(19)27-2/h4-5,7-8,11,14,17-18H,3,6,9-10,12-13,15-16H2,1-2H3,(H,24,26)/t17-,18?,23?/m0/s1. The van der Waals surface area contributed by atoms with E-state index in [9.17, 15) is 9.59 Å². The average molecular weight is 418 g/mol. The molecule has 1 aromatic carbocycles. The number of allylic oxidation sites excluding steroid dienone is 1. The van der Waals surface area contributed by atoms with E-state index in [2.05, 4.69) is 16.8 Å². The first-order valence-electron chi connectivity index (χ1n) is 10.5. The number of rotatable bonds is 8. The van der Waals surface area contributed by atoms with Crippen LogP contribution in [-0.2, 0) is 9.53 Å². The smallest absolute Gasteiger partial charge is 0.306 e. The van der Waals surface area contributed by atoms with Crippen molar-refractivity contribution >= 4 is 23.6 Å². The lowest BCUT2D eigenvalue weighted by Gasteiger charge is -2.43. The number of thioether (sulfide) groups is 1. The maximum absolute atomic E-state index is 12.8. The van der Waals surface area contributed by atoms with Gasteiger partial charge in [0.15, 0.2) is 0 Å². The first-order valence-corrected chi connectivity index (χ1v) is 11.5. The molecule has 1 amide bonds. The first kappa shape index (κ1) is 21.8. The van der Waals surface area contributed by atoms with Crippen LogP contribution in [0.3, 0.4) is 0 Å². The van der Waals surface area contributed by atoms with Crippen molar-refractivity contribution in [2.75, 3.05) is 19.4 Å². The summed E-state index contributed by atoms with van der Waals surface area (Å²) < 4.78 is 11.0. The maximum Gasteiger partial charge on any atom is 0.306 e. The van der Waals surface area contributed by atoms with Crippen molar-refractivity contribution in [3.05, 3.63) is 41.3 Å². The van der Waals surface area contributed by atoms with Gasteiger partial charge >= 0.3 is 5.97 Å². The van der Waals surface area contributed by atoms with E-state index in [1.165, 1.54) is 0 Å². The Morgan fingerprint density at radius 3 is 2.66 bits per heavy atom. The summed E-state index contributed by atoms with van der Waals surface area (Å²) in [5.41, 5.74) is 0.564. The number of amides is 1. The molecule has 0 saturated heterocycles. The van der Waals surface area contributed by atoms with Gasteiger partial charge in [0.05, 0.1) is 12.7 Å².